The van der Waals surface area contributed by atoms with Crippen LogP contribution >= 0.6 is 0 Å². The predicted octanol–water partition coefficient (Wildman–Crippen LogP) is 3.43. The second kappa shape index (κ2) is 5.49. The highest BCUT2D eigenvalue weighted by atomic mass is 16.5. The molecule has 0 radical (unpaired) electrons. The quantitative estimate of drug-likeness (QED) is 0.670. The molecular weight excluding hydrogens is 250 g/mol. The van der Waals surface area contributed by atoms with Crippen molar-refractivity contribution in [2.24, 2.45) is 0 Å². The number of nitrogens with zero attached hydrogens (tertiary/aromatic N) is 2. The number of hydrogen-bond donors (Lipinski definition) is 1. The summed E-state index contributed by atoms with van der Waals surface area (Å²) in [5.41, 5.74) is 10.00. The molecule has 2 aromatic rings. The van der Waals surface area contributed by atoms with Crippen LogP contribution in [0.25, 0.3) is 0 Å². The molecule has 1 aromatic carbocycles. The number of aromatic nitrogens is 2. The third kappa shape index (κ3) is 2.59. The number of nitrogens with two attached hydrogens (primary N) is 1. The first-order valence-corrected chi connectivity index (χ1v) is 7.11. The maximum Gasteiger partial charge on any atom is 0.225 e. The van der Waals surface area contributed by atoms with Crippen LogP contribution in [0.2, 0.25) is 0 Å². The highest BCUT2D eigenvalue weighted by molar-refractivity contribution is 5.55. The Morgan fingerprint density at radius 3 is 2.85 bits per heavy atom. The van der Waals surface area contributed by atoms with Crippen molar-refractivity contribution in [1.29, 1.82) is 0 Å². The lowest BCUT2D eigenvalue weighted by atomic mass is 10.1. The molecule has 4 nitrogen and oxygen atoms in total. The number of fused-ring (bicyclic) bond motifs is 1. The number of nitrogen functional groups attached to an aromatic ring is 1. The largest absolute Gasteiger partial charge is 0.436 e. The molecule has 0 unspecified atom stereocenters. The molecule has 3 rings (SSSR count). The predicted molar refractivity (Wildman–Crippen MR) is 79.0 cm³/mol. The summed E-state index contributed by atoms with van der Waals surface area (Å²) in [6.45, 7) is 2.02. The summed E-state index contributed by atoms with van der Waals surface area (Å²) in [6.07, 6.45) is 7.18. The molecule has 1 aliphatic carbocycles. The zero-order valence-corrected chi connectivity index (χ0v) is 11.7. The van der Waals surface area contributed by atoms with E-state index in [1.165, 1.54) is 19.3 Å². The van der Waals surface area contributed by atoms with Crippen LogP contribution in [0, 0.1) is 6.92 Å². The van der Waals surface area contributed by atoms with Gasteiger partial charge in [-0.05, 0) is 50.3 Å². The number of benzene rings is 1. The van der Waals surface area contributed by atoms with Crippen LogP contribution in [0.1, 0.15) is 36.1 Å². The molecule has 0 saturated carbocycles. The molecule has 1 heterocycles. The van der Waals surface area contributed by atoms with Gasteiger partial charge in [0, 0.05) is 5.56 Å². The zero-order valence-electron chi connectivity index (χ0n) is 11.7. The highest BCUT2D eigenvalue weighted by Gasteiger charge is 2.16. The average Bonchev–Trinajstić information content (AvgIpc) is 2.69. The highest BCUT2D eigenvalue weighted by Crippen LogP contribution is 2.32. The normalized spacial score (nSPS) is 14.4. The van der Waals surface area contributed by atoms with Gasteiger partial charge in [0.1, 0.15) is 6.33 Å². The third-order valence-electron chi connectivity index (χ3n) is 3.71. The summed E-state index contributed by atoms with van der Waals surface area (Å²) >= 11 is 0. The Kier molecular flexibility index (Phi) is 3.54. The van der Waals surface area contributed by atoms with Gasteiger partial charge in [-0.25, -0.2) is 9.97 Å². The van der Waals surface area contributed by atoms with Crippen molar-refractivity contribution < 1.29 is 4.74 Å². The monoisotopic (exact) mass is 269 g/mol. The first-order valence-electron chi connectivity index (χ1n) is 7.11. The Hall–Kier alpha value is -2.10. The van der Waals surface area contributed by atoms with Crippen molar-refractivity contribution in [2.75, 3.05) is 5.73 Å². The van der Waals surface area contributed by atoms with Gasteiger partial charge in [-0.2, -0.15) is 0 Å². The van der Waals surface area contributed by atoms with E-state index in [1.54, 1.807) is 6.33 Å². The van der Waals surface area contributed by atoms with E-state index in [0.29, 0.717) is 17.3 Å². The molecule has 1 aliphatic rings. The van der Waals surface area contributed by atoms with Crippen LogP contribution in [-0.2, 0) is 12.8 Å². The van der Waals surface area contributed by atoms with Gasteiger partial charge in [0.25, 0.3) is 0 Å². The van der Waals surface area contributed by atoms with Crippen LogP contribution in [0.15, 0.2) is 24.5 Å². The molecule has 104 valence electrons. The number of anilines is 1. The minimum absolute atomic E-state index is 0.636. The van der Waals surface area contributed by atoms with E-state index in [1.807, 2.05) is 25.1 Å². The molecule has 0 saturated heterocycles. The van der Waals surface area contributed by atoms with Crippen LogP contribution in [0.3, 0.4) is 0 Å². The molecule has 0 spiro atoms. The Morgan fingerprint density at radius 2 is 1.95 bits per heavy atom. The second-order valence-corrected chi connectivity index (χ2v) is 5.31. The van der Waals surface area contributed by atoms with E-state index in [9.17, 15) is 0 Å². The maximum atomic E-state index is 5.98. The summed E-state index contributed by atoms with van der Waals surface area (Å²) in [7, 11) is 0. The van der Waals surface area contributed by atoms with Gasteiger partial charge in [0.2, 0.25) is 5.88 Å². The van der Waals surface area contributed by atoms with Crippen molar-refractivity contribution in [3.05, 3.63) is 41.3 Å². The number of ether oxygens (including phenoxy) is 1. The first-order chi connectivity index (χ1) is 9.74. The molecule has 0 aliphatic heterocycles. The lowest BCUT2D eigenvalue weighted by Gasteiger charge is -2.13. The van der Waals surface area contributed by atoms with E-state index >= 15 is 0 Å². The van der Waals surface area contributed by atoms with Crippen molar-refractivity contribution in [1.82, 2.24) is 9.97 Å². The third-order valence-corrected chi connectivity index (χ3v) is 3.71. The van der Waals surface area contributed by atoms with E-state index in [-0.39, 0.29) is 0 Å². The Balaban J connectivity index is 1.96. The van der Waals surface area contributed by atoms with E-state index in [0.717, 1.165) is 29.7 Å². The fraction of sp³-hybridized carbons (Fsp3) is 0.375. The van der Waals surface area contributed by atoms with E-state index in [2.05, 4.69) is 9.97 Å². The molecule has 2 N–H and O–H groups in total. The fourth-order valence-corrected chi connectivity index (χ4v) is 2.59. The topological polar surface area (TPSA) is 61.0 Å². The van der Waals surface area contributed by atoms with Crippen molar-refractivity contribution >= 4 is 5.69 Å². The molecule has 0 amide bonds. The summed E-state index contributed by atoms with van der Waals surface area (Å²) in [5.74, 6) is 1.34. The Labute approximate surface area is 119 Å². The van der Waals surface area contributed by atoms with Crippen LogP contribution in [0.4, 0.5) is 5.69 Å². The minimum atomic E-state index is 0.636. The van der Waals surface area contributed by atoms with Crippen molar-refractivity contribution in [3.63, 3.8) is 0 Å². The molecule has 0 fully saturated rings. The van der Waals surface area contributed by atoms with Crippen LogP contribution in [0.5, 0.6) is 11.6 Å². The SMILES string of the molecule is Cc1ccc(N)c(Oc2ncnc3c2CCCCC3)c1. The summed E-state index contributed by atoms with van der Waals surface area (Å²) in [5, 5.41) is 0. The number of rotatable bonds is 2. The van der Waals surface area contributed by atoms with Gasteiger partial charge in [-0.15, -0.1) is 0 Å². The minimum Gasteiger partial charge on any atom is -0.436 e. The summed E-state index contributed by atoms with van der Waals surface area (Å²) in [4.78, 5) is 8.71. The molecule has 4 heteroatoms. The summed E-state index contributed by atoms with van der Waals surface area (Å²) in [6, 6.07) is 5.79. The number of aryl methyl sites for hydroxylation is 2. The van der Waals surface area contributed by atoms with Crippen molar-refractivity contribution in [2.45, 2.75) is 39.0 Å². The second-order valence-electron chi connectivity index (χ2n) is 5.31. The van der Waals surface area contributed by atoms with Gasteiger partial charge in [-0.1, -0.05) is 12.5 Å². The molecular formula is C16H19N3O. The van der Waals surface area contributed by atoms with Gasteiger partial charge in [-0.3, -0.25) is 0 Å². The van der Waals surface area contributed by atoms with Gasteiger partial charge < -0.3 is 10.5 Å². The fourth-order valence-electron chi connectivity index (χ4n) is 2.59. The summed E-state index contributed by atoms with van der Waals surface area (Å²) < 4.78 is 5.97. The van der Waals surface area contributed by atoms with E-state index in [4.69, 9.17) is 10.5 Å². The van der Waals surface area contributed by atoms with Crippen LogP contribution in [-0.4, -0.2) is 9.97 Å². The zero-order chi connectivity index (χ0) is 13.9. The van der Waals surface area contributed by atoms with Gasteiger partial charge in [0.15, 0.2) is 5.75 Å². The Bertz CT molecular complexity index is 625. The van der Waals surface area contributed by atoms with Crippen LogP contribution < -0.4 is 10.5 Å². The lowest BCUT2D eigenvalue weighted by Crippen LogP contribution is -2.02. The standard InChI is InChI=1S/C16H19N3O/c1-11-7-8-13(17)15(9-11)20-16-12-5-3-2-4-6-14(12)18-10-19-16/h7-10H,2-6,17H2,1H3. The molecule has 0 bridgehead atoms. The van der Waals surface area contributed by atoms with Crippen molar-refractivity contribution in [3.8, 4) is 11.6 Å². The molecule has 20 heavy (non-hydrogen) atoms. The van der Waals surface area contributed by atoms with Gasteiger partial charge >= 0.3 is 0 Å². The molecule has 1 aromatic heterocycles. The first kappa shape index (κ1) is 12.9. The lowest BCUT2D eigenvalue weighted by molar-refractivity contribution is 0.454. The Morgan fingerprint density at radius 1 is 1.10 bits per heavy atom. The average molecular weight is 269 g/mol. The number of hydrogen-bond acceptors (Lipinski definition) is 4. The van der Waals surface area contributed by atoms with Gasteiger partial charge in [0.05, 0.1) is 11.4 Å². The maximum absolute atomic E-state index is 5.98. The van der Waals surface area contributed by atoms with E-state index < -0.39 is 0 Å². The smallest absolute Gasteiger partial charge is 0.225 e. The molecule has 0 atom stereocenters.